The number of aromatic nitrogens is 1. The second kappa shape index (κ2) is 7.55. The van der Waals surface area contributed by atoms with E-state index in [2.05, 4.69) is 9.88 Å². The third kappa shape index (κ3) is 3.60. The zero-order chi connectivity index (χ0) is 17.8. The number of carbonyl (C=O) groups is 1. The Balaban J connectivity index is 1.75. The predicted molar refractivity (Wildman–Crippen MR) is 99.2 cm³/mol. The molecular formula is C20H25N3O2. The van der Waals surface area contributed by atoms with Crippen LogP contribution in [0.3, 0.4) is 0 Å². The fourth-order valence-corrected chi connectivity index (χ4v) is 3.25. The van der Waals surface area contributed by atoms with Gasteiger partial charge in [-0.1, -0.05) is 18.2 Å². The lowest BCUT2D eigenvalue weighted by Gasteiger charge is -2.26. The minimum Gasteiger partial charge on any atom is -0.496 e. The molecule has 1 aliphatic heterocycles. The van der Waals surface area contributed by atoms with Crippen LogP contribution in [-0.4, -0.2) is 43.0 Å². The standard InChI is InChI=1S/C20H25N3O2/c1-15(17-8-4-5-9-18(17)25-3)22(2)20(24)16-10-11-19(21-14-16)23-12-6-7-13-23/h4-5,8-11,14-15H,6-7,12-13H2,1-3H3/t15-/m0/s1. The number of nitrogens with zero attached hydrogens (tertiary/aromatic N) is 3. The van der Waals surface area contributed by atoms with Crippen molar-refractivity contribution in [3.63, 3.8) is 0 Å². The molecule has 0 N–H and O–H groups in total. The zero-order valence-corrected chi connectivity index (χ0v) is 15.1. The molecule has 0 unspecified atom stereocenters. The van der Waals surface area contributed by atoms with Gasteiger partial charge in [0.25, 0.3) is 5.91 Å². The minimum atomic E-state index is -0.0955. The highest BCUT2D eigenvalue weighted by Crippen LogP contribution is 2.29. The smallest absolute Gasteiger partial charge is 0.255 e. The van der Waals surface area contributed by atoms with Crippen molar-refractivity contribution in [3.8, 4) is 5.75 Å². The van der Waals surface area contributed by atoms with E-state index in [1.54, 1.807) is 18.2 Å². The Morgan fingerprint density at radius 1 is 1.20 bits per heavy atom. The highest BCUT2D eigenvalue weighted by Gasteiger charge is 2.22. The van der Waals surface area contributed by atoms with Gasteiger partial charge in [0.1, 0.15) is 11.6 Å². The van der Waals surface area contributed by atoms with Crippen LogP contribution in [0.2, 0.25) is 0 Å². The van der Waals surface area contributed by atoms with Crippen LogP contribution in [-0.2, 0) is 0 Å². The Morgan fingerprint density at radius 2 is 1.92 bits per heavy atom. The van der Waals surface area contributed by atoms with Crippen LogP contribution in [0.5, 0.6) is 5.75 Å². The van der Waals surface area contributed by atoms with E-state index in [1.807, 2.05) is 50.4 Å². The van der Waals surface area contributed by atoms with Crippen molar-refractivity contribution >= 4 is 11.7 Å². The number of benzene rings is 1. The number of hydrogen-bond donors (Lipinski definition) is 0. The Bertz CT molecular complexity index is 724. The summed E-state index contributed by atoms with van der Waals surface area (Å²) in [5.41, 5.74) is 1.59. The van der Waals surface area contributed by atoms with Gasteiger partial charge in [0.15, 0.2) is 0 Å². The van der Waals surface area contributed by atoms with Crippen molar-refractivity contribution in [2.24, 2.45) is 0 Å². The topological polar surface area (TPSA) is 45.7 Å². The van der Waals surface area contributed by atoms with Gasteiger partial charge < -0.3 is 14.5 Å². The van der Waals surface area contributed by atoms with Gasteiger partial charge in [0.05, 0.1) is 18.7 Å². The molecule has 0 spiro atoms. The van der Waals surface area contributed by atoms with Gasteiger partial charge in [-0.05, 0) is 38.0 Å². The summed E-state index contributed by atoms with van der Waals surface area (Å²) in [5.74, 6) is 1.70. The van der Waals surface area contributed by atoms with Crippen LogP contribution in [0.25, 0.3) is 0 Å². The van der Waals surface area contributed by atoms with Crippen molar-refractivity contribution in [3.05, 3.63) is 53.7 Å². The molecule has 1 aromatic carbocycles. The molecule has 0 radical (unpaired) electrons. The lowest BCUT2D eigenvalue weighted by molar-refractivity contribution is 0.0740. The summed E-state index contributed by atoms with van der Waals surface area (Å²) in [6, 6.07) is 11.5. The first-order valence-corrected chi connectivity index (χ1v) is 8.73. The number of methoxy groups -OCH3 is 1. The molecule has 2 aromatic rings. The maximum absolute atomic E-state index is 12.8. The maximum Gasteiger partial charge on any atom is 0.255 e. The third-order valence-electron chi connectivity index (χ3n) is 4.92. The van der Waals surface area contributed by atoms with Gasteiger partial charge >= 0.3 is 0 Å². The second-order valence-corrected chi connectivity index (χ2v) is 6.43. The Labute approximate surface area is 149 Å². The first kappa shape index (κ1) is 17.3. The number of amides is 1. The Hall–Kier alpha value is -2.56. The first-order valence-electron chi connectivity index (χ1n) is 8.73. The van der Waals surface area contributed by atoms with E-state index < -0.39 is 0 Å². The molecule has 2 heterocycles. The van der Waals surface area contributed by atoms with Crippen molar-refractivity contribution in [2.45, 2.75) is 25.8 Å². The summed E-state index contributed by atoms with van der Waals surface area (Å²) in [5, 5.41) is 0. The van der Waals surface area contributed by atoms with E-state index in [1.165, 1.54) is 12.8 Å². The van der Waals surface area contributed by atoms with Crippen LogP contribution in [0, 0.1) is 0 Å². The predicted octanol–water partition coefficient (Wildman–Crippen LogP) is 3.52. The number of anilines is 1. The number of para-hydroxylation sites is 1. The normalized spacial score (nSPS) is 15.1. The molecule has 1 fully saturated rings. The Kier molecular flexibility index (Phi) is 5.22. The number of pyridine rings is 1. The summed E-state index contributed by atoms with van der Waals surface area (Å²) in [7, 11) is 3.46. The molecular weight excluding hydrogens is 314 g/mol. The van der Waals surface area contributed by atoms with Crippen molar-refractivity contribution in [2.75, 3.05) is 32.1 Å². The highest BCUT2D eigenvalue weighted by molar-refractivity contribution is 5.94. The fraction of sp³-hybridized carbons (Fsp3) is 0.400. The molecule has 132 valence electrons. The van der Waals surface area contributed by atoms with Crippen molar-refractivity contribution in [1.82, 2.24) is 9.88 Å². The van der Waals surface area contributed by atoms with Gasteiger partial charge in [-0.2, -0.15) is 0 Å². The second-order valence-electron chi connectivity index (χ2n) is 6.43. The molecule has 1 saturated heterocycles. The van der Waals surface area contributed by atoms with E-state index in [9.17, 15) is 4.79 Å². The van der Waals surface area contributed by atoms with Crippen LogP contribution in [0.4, 0.5) is 5.82 Å². The summed E-state index contributed by atoms with van der Waals surface area (Å²) in [6.45, 7) is 4.10. The summed E-state index contributed by atoms with van der Waals surface area (Å²) < 4.78 is 5.42. The van der Waals surface area contributed by atoms with Gasteiger partial charge in [-0.3, -0.25) is 4.79 Å². The molecule has 5 nitrogen and oxygen atoms in total. The van der Waals surface area contributed by atoms with Crippen LogP contribution >= 0.6 is 0 Å². The molecule has 5 heteroatoms. The van der Waals surface area contributed by atoms with Gasteiger partial charge in [0.2, 0.25) is 0 Å². The number of carbonyl (C=O) groups excluding carboxylic acids is 1. The molecule has 1 amide bonds. The average Bonchev–Trinajstić information content (AvgIpc) is 3.21. The molecule has 1 atom stereocenters. The minimum absolute atomic E-state index is 0.0427. The largest absolute Gasteiger partial charge is 0.496 e. The van der Waals surface area contributed by atoms with Gasteiger partial charge in [-0.25, -0.2) is 4.98 Å². The molecule has 1 aromatic heterocycles. The van der Waals surface area contributed by atoms with E-state index in [4.69, 9.17) is 4.74 Å². The van der Waals surface area contributed by atoms with Gasteiger partial charge in [0, 0.05) is 31.9 Å². The number of ether oxygens (including phenoxy) is 1. The summed E-state index contributed by atoms with van der Waals surface area (Å²) >= 11 is 0. The van der Waals surface area contributed by atoms with E-state index >= 15 is 0 Å². The summed E-state index contributed by atoms with van der Waals surface area (Å²) in [6.07, 6.45) is 4.10. The zero-order valence-electron chi connectivity index (χ0n) is 15.1. The van der Waals surface area contributed by atoms with E-state index in [-0.39, 0.29) is 11.9 Å². The van der Waals surface area contributed by atoms with Gasteiger partial charge in [-0.15, -0.1) is 0 Å². The van der Waals surface area contributed by atoms with Crippen LogP contribution in [0.1, 0.15) is 41.7 Å². The molecule has 0 aliphatic carbocycles. The fourth-order valence-electron chi connectivity index (χ4n) is 3.25. The van der Waals surface area contributed by atoms with Crippen molar-refractivity contribution < 1.29 is 9.53 Å². The lowest BCUT2D eigenvalue weighted by Crippen LogP contribution is -2.30. The third-order valence-corrected chi connectivity index (χ3v) is 4.92. The highest BCUT2D eigenvalue weighted by atomic mass is 16.5. The van der Waals surface area contributed by atoms with E-state index in [0.29, 0.717) is 5.56 Å². The van der Waals surface area contributed by atoms with Crippen molar-refractivity contribution in [1.29, 1.82) is 0 Å². The Morgan fingerprint density at radius 3 is 2.56 bits per heavy atom. The first-order chi connectivity index (χ1) is 12.1. The number of hydrogen-bond acceptors (Lipinski definition) is 4. The quantitative estimate of drug-likeness (QED) is 0.836. The maximum atomic E-state index is 12.8. The van der Waals surface area contributed by atoms with Crippen LogP contribution < -0.4 is 9.64 Å². The molecule has 25 heavy (non-hydrogen) atoms. The number of rotatable bonds is 5. The average molecular weight is 339 g/mol. The SMILES string of the molecule is COc1ccccc1[C@H](C)N(C)C(=O)c1ccc(N2CCCC2)nc1. The monoisotopic (exact) mass is 339 g/mol. The lowest BCUT2D eigenvalue weighted by atomic mass is 10.1. The molecule has 3 rings (SSSR count). The van der Waals surface area contributed by atoms with Crippen LogP contribution in [0.15, 0.2) is 42.6 Å². The molecule has 0 bridgehead atoms. The molecule has 1 aliphatic rings. The summed E-state index contributed by atoms with van der Waals surface area (Å²) in [4.78, 5) is 21.3. The van der Waals surface area contributed by atoms with E-state index in [0.717, 1.165) is 30.2 Å². The molecule has 0 saturated carbocycles.